The van der Waals surface area contributed by atoms with Crippen LogP contribution in [0.1, 0.15) is 16.8 Å². The smallest absolute Gasteiger partial charge is 0.251 e. The Morgan fingerprint density at radius 1 is 1.18 bits per heavy atom. The number of nitrogens with one attached hydrogen (secondary N) is 2. The molecule has 2 aromatic rings. The van der Waals surface area contributed by atoms with Crippen LogP contribution in [0.4, 0.5) is 5.69 Å². The topological polar surface area (TPSA) is 101 Å². The Labute approximate surface area is 162 Å². The molecule has 0 bridgehead atoms. The fourth-order valence-electron chi connectivity index (χ4n) is 3.02. The maximum absolute atomic E-state index is 12.4. The molecule has 8 heteroatoms. The summed E-state index contributed by atoms with van der Waals surface area (Å²) in [5.41, 5.74) is 1.22. The van der Waals surface area contributed by atoms with Crippen molar-refractivity contribution in [2.45, 2.75) is 6.42 Å². The lowest BCUT2D eigenvalue weighted by Crippen LogP contribution is -2.38. The van der Waals surface area contributed by atoms with Gasteiger partial charge in [-0.05, 0) is 24.3 Å². The lowest BCUT2D eigenvalue weighted by molar-refractivity contribution is -0.126. The van der Waals surface area contributed by atoms with E-state index in [2.05, 4.69) is 15.6 Å². The van der Waals surface area contributed by atoms with E-state index in [9.17, 15) is 14.4 Å². The van der Waals surface area contributed by atoms with E-state index in [1.54, 1.807) is 54.7 Å². The van der Waals surface area contributed by atoms with Crippen LogP contribution in [0.2, 0.25) is 0 Å². The van der Waals surface area contributed by atoms with Crippen molar-refractivity contribution in [1.29, 1.82) is 0 Å². The van der Waals surface area contributed by atoms with Crippen molar-refractivity contribution in [2.75, 3.05) is 31.6 Å². The van der Waals surface area contributed by atoms with Crippen LogP contribution in [0.3, 0.4) is 0 Å². The molecule has 8 nitrogen and oxygen atoms in total. The molecule has 146 valence electrons. The Kier molecular flexibility index (Phi) is 6.21. The van der Waals surface area contributed by atoms with Gasteiger partial charge in [-0.2, -0.15) is 0 Å². The predicted molar refractivity (Wildman–Crippen MR) is 103 cm³/mol. The summed E-state index contributed by atoms with van der Waals surface area (Å²) in [6.45, 7) is 0.911. The second-order valence-electron chi connectivity index (χ2n) is 6.39. The first-order valence-corrected chi connectivity index (χ1v) is 8.99. The summed E-state index contributed by atoms with van der Waals surface area (Å²) in [5.74, 6) is -0.286. The normalized spacial score (nSPS) is 16.0. The van der Waals surface area contributed by atoms with Crippen molar-refractivity contribution in [2.24, 2.45) is 5.92 Å². The monoisotopic (exact) mass is 382 g/mol. The maximum atomic E-state index is 12.4. The van der Waals surface area contributed by atoms with Crippen molar-refractivity contribution in [3.05, 3.63) is 54.4 Å². The molecule has 0 aliphatic carbocycles. The summed E-state index contributed by atoms with van der Waals surface area (Å²) >= 11 is 0. The first-order chi connectivity index (χ1) is 13.6. The minimum atomic E-state index is -0.422. The molecule has 0 unspecified atom stereocenters. The molecule has 2 heterocycles. The summed E-state index contributed by atoms with van der Waals surface area (Å²) in [4.78, 5) is 42.1. The number of carbonyl (C=O) groups is 3. The van der Waals surface area contributed by atoms with Crippen LogP contribution in [-0.4, -0.2) is 49.4 Å². The SMILES string of the molecule is COc1cccc(N2C[C@H](C(=O)NCCNC(=O)c3ccncc3)CC2=O)c1. The molecule has 1 aromatic carbocycles. The van der Waals surface area contributed by atoms with Crippen LogP contribution < -0.4 is 20.3 Å². The van der Waals surface area contributed by atoms with E-state index in [-0.39, 0.29) is 24.1 Å². The zero-order valence-corrected chi connectivity index (χ0v) is 15.6. The molecule has 2 N–H and O–H groups in total. The summed E-state index contributed by atoms with van der Waals surface area (Å²) in [7, 11) is 1.56. The number of hydrogen-bond acceptors (Lipinski definition) is 5. The highest BCUT2D eigenvalue weighted by molar-refractivity contribution is 6.00. The molecule has 1 aromatic heterocycles. The molecule has 0 radical (unpaired) electrons. The number of nitrogens with zero attached hydrogens (tertiary/aromatic N) is 2. The van der Waals surface area contributed by atoms with Gasteiger partial charge >= 0.3 is 0 Å². The van der Waals surface area contributed by atoms with Crippen LogP contribution in [-0.2, 0) is 9.59 Å². The molecule has 0 spiro atoms. The number of carbonyl (C=O) groups excluding carboxylic acids is 3. The van der Waals surface area contributed by atoms with Gasteiger partial charge in [0.2, 0.25) is 11.8 Å². The number of aromatic nitrogens is 1. The fourth-order valence-corrected chi connectivity index (χ4v) is 3.02. The van der Waals surface area contributed by atoms with E-state index in [0.29, 0.717) is 36.6 Å². The summed E-state index contributed by atoms with van der Waals surface area (Å²) in [5, 5.41) is 5.51. The number of anilines is 1. The number of rotatable bonds is 7. The van der Waals surface area contributed by atoms with Crippen LogP contribution in [0.15, 0.2) is 48.8 Å². The van der Waals surface area contributed by atoms with E-state index in [0.717, 1.165) is 0 Å². The van der Waals surface area contributed by atoms with Gasteiger partial charge in [0.05, 0.1) is 13.0 Å². The lowest BCUT2D eigenvalue weighted by Gasteiger charge is -2.17. The molecule has 1 saturated heterocycles. The Bertz CT molecular complexity index is 856. The predicted octanol–water partition coefficient (Wildman–Crippen LogP) is 0.989. The third-order valence-corrected chi connectivity index (χ3v) is 4.51. The highest BCUT2D eigenvalue weighted by Gasteiger charge is 2.35. The number of pyridine rings is 1. The number of amides is 3. The minimum absolute atomic E-state index is 0.0978. The van der Waals surface area contributed by atoms with Gasteiger partial charge in [-0.3, -0.25) is 19.4 Å². The quantitative estimate of drug-likeness (QED) is 0.696. The second-order valence-corrected chi connectivity index (χ2v) is 6.39. The van der Waals surface area contributed by atoms with Crippen molar-refractivity contribution in [1.82, 2.24) is 15.6 Å². The Morgan fingerprint density at radius 2 is 1.93 bits per heavy atom. The molecule has 1 fully saturated rings. The van der Waals surface area contributed by atoms with Gasteiger partial charge in [0.1, 0.15) is 5.75 Å². The highest BCUT2D eigenvalue weighted by Crippen LogP contribution is 2.27. The fraction of sp³-hybridized carbons (Fsp3) is 0.300. The summed E-state index contributed by atoms with van der Waals surface area (Å²) in [6, 6.07) is 10.4. The third-order valence-electron chi connectivity index (χ3n) is 4.51. The van der Waals surface area contributed by atoms with Crippen LogP contribution in [0, 0.1) is 5.92 Å². The zero-order chi connectivity index (χ0) is 19.9. The van der Waals surface area contributed by atoms with E-state index in [1.807, 2.05) is 6.07 Å². The number of methoxy groups -OCH3 is 1. The number of ether oxygens (including phenoxy) is 1. The van der Waals surface area contributed by atoms with Gasteiger partial charge in [-0.1, -0.05) is 6.07 Å². The van der Waals surface area contributed by atoms with E-state index in [1.165, 1.54) is 0 Å². The van der Waals surface area contributed by atoms with Crippen LogP contribution >= 0.6 is 0 Å². The van der Waals surface area contributed by atoms with Crippen molar-refractivity contribution in [3.8, 4) is 5.75 Å². The van der Waals surface area contributed by atoms with Gasteiger partial charge in [0, 0.05) is 55.8 Å². The molecule has 1 atom stereocenters. The van der Waals surface area contributed by atoms with Crippen molar-refractivity contribution in [3.63, 3.8) is 0 Å². The van der Waals surface area contributed by atoms with Gasteiger partial charge in [0.25, 0.3) is 5.91 Å². The van der Waals surface area contributed by atoms with Gasteiger partial charge in [-0.15, -0.1) is 0 Å². The molecule has 1 aliphatic rings. The second kappa shape index (κ2) is 8.98. The molecule has 28 heavy (non-hydrogen) atoms. The molecular weight excluding hydrogens is 360 g/mol. The zero-order valence-electron chi connectivity index (χ0n) is 15.6. The number of benzene rings is 1. The molecule has 3 rings (SSSR count). The average Bonchev–Trinajstić information content (AvgIpc) is 3.13. The highest BCUT2D eigenvalue weighted by atomic mass is 16.5. The van der Waals surface area contributed by atoms with Crippen LogP contribution in [0.25, 0.3) is 0 Å². The molecule has 3 amide bonds. The van der Waals surface area contributed by atoms with E-state index >= 15 is 0 Å². The van der Waals surface area contributed by atoms with Crippen molar-refractivity contribution >= 4 is 23.4 Å². The van der Waals surface area contributed by atoms with Gasteiger partial charge in [-0.25, -0.2) is 0 Å². The lowest BCUT2D eigenvalue weighted by atomic mass is 10.1. The number of hydrogen-bond donors (Lipinski definition) is 2. The first-order valence-electron chi connectivity index (χ1n) is 8.99. The summed E-state index contributed by atoms with van der Waals surface area (Å²) in [6.07, 6.45) is 3.25. The Hall–Kier alpha value is -3.42. The van der Waals surface area contributed by atoms with Crippen LogP contribution in [0.5, 0.6) is 5.75 Å². The van der Waals surface area contributed by atoms with Gasteiger partial charge in [0.15, 0.2) is 0 Å². The average molecular weight is 382 g/mol. The van der Waals surface area contributed by atoms with Gasteiger partial charge < -0.3 is 20.3 Å². The van der Waals surface area contributed by atoms with E-state index < -0.39 is 5.92 Å². The third kappa shape index (κ3) is 4.64. The van der Waals surface area contributed by atoms with Crippen molar-refractivity contribution < 1.29 is 19.1 Å². The Balaban J connectivity index is 1.46. The minimum Gasteiger partial charge on any atom is -0.497 e. The molecule has 0 saturated carbocycles. The maximum Gasteiger partial charge on any atom is 0.251 e. The molecular formula is C20H22N4O4. The largest absolute Gasteiger partial charge is 0.497 e. The standard InChI is InChI=1S/C20H22N4O4/c1-28-17-4-2-3-16(12-17)24-13-15(11-18(24)25)20(27)23-10-9-22-19(26)14-5-7-21-8-6-14/h2-8,12,15H,9-11,13H2,1H3,(H,22,26)(H,23,27)/t15-/m1/s1. The Morgan fingerprint density at radius 3 is 2.68 bits per heavy atom. The van der Waals surface area contributed by atoms with E-state index in [4.69, 9.17) is 4.74 Å². The molecule has 1 aliphatic heterocycles. The first kappa shape index (κ1) is 19.3. The summed E-state index contributed by atoms with van der Waals surface area (Å²) < 4.78 is 5.19.